The standard InChI is InChI=1S/C20H25NO3/c1-14-3-5-15(6-4-14)11-17-12-19(22)21(20(17)23)13-16-7-9-18(24-2)10-8-16/h3,7-10,15,17H,4-6,11-13H2,1-2H3. The van der Waals surface area contributed by atoms with Crippen molar-refractivity contribution >= 4 is 11.8 Å². The van der Waals surface area contributed by atoms with Crippen LogP contribution in [0.15, 0.2) is 35.9 Å². The van der Waals surface area contributed by atoms with Crippen LogP contribution >= 0.6 is 0 Å². The molecule has 4 nitrogen and oxygen atoms in total. The zero-order chi connectivity index (χ0) is 17.1. The zero-order valence-corrected chi connectivity index (χ0v) is 14.5. The van der Waals surface area contributed by atoms with Crippen LogP contribution in [-0.4, -0.2) is 23.8 Å². The molecule has 4 heteroatoms. The van der Waals surface area contributed by atoms with Gasteiger partial charge in [-0.25, -0.2) is 0 Å². The highest BCUT2D eigenvalue weighted by atomic mass is 16.5. The lowest BCUT2D eigenvalue weighted by Crippen LogP contribution is -2.30. The predicted molar refractivity (Wildman–Crippen MR) is 92.4 cm³/mol. The Morgan fingerprint density at radius 3 is 2.58 bits per heavy atom. The van der Waals surface area contributed by atoms with E-state index in [1.54, 1.807) is 7.11 Å². The second-order valence-electron chi connectivity index (χ2n) is 6.99. The smallest absolute Gasteiger partial charge is 0.233 e. The second kappa shape index (κ2) is 7.20. The number of methoxy groups -OCH3 is 1. The molecular weight excluding hydrogens is 302 g/mol. The fourth-order valence-electron chi connectivity index (χ4n) is 3.65. The Bertz CT molecular complexity index is 647. The van der Waals surface area contributed by atoms with E-state index in [0.29, 0.717) is 18.9 Å². The second-order valence-corrected chi connectivity index (χ2v) is 6.99. The molecule has 0 N–H and O–H groups in total. The van der Waals surface area contributed by atoms with Crippen LogP contribution in [0.4, 0.5) is 0 Å². The maximum Gasteiger partial charge on any atom is 0.233 e. The van der Waals surface area contributed by atoms with Gasteiger partial charge in [0.1, 0.15) is 5.75 Å². The van der Waals surface area contributed by atoms with Crippen LogP contribution in [0, 0.1) is 11.8 Å². The largest absolute Gasteiger partial charge is 0.497 e. The van der Waals surface area contributed by atoms with Crippen LogP contribution in [0.5, 0.6) is 5.75 Å². The van der Waals surface area contributed by atoms with Gasteiger partial charge in [-0.1, -0.05) is 23.8 Å². The van der Waals surface area contributed by atoms with Gasteiger partial charge in [-0.2, -0.15) is 0 Å². The van der Waals surface area contributed by atoms with Crippen LogP contribution in [0.25, 0.3) is 0 Å². The van der Waals surface area contributed by atoms with E-state index in [1.807, 2.05) is 24.3 Å². The van der Waals surface area contributed by atoms with Gasteiger partial charge in [0.25, 0.3) is 0 Å². The van der Waals surface area contributed by atoms with Gasteiger partial charge >= 0.3 is 0 Å². The van der Waals surface area contributed by atoms with Crippen molar-refractivity contribution in [2.24, 2.45) is 11.8 Å². The van der Waals surface area contributed by atoms with Crippen molar-refractivity contribution in [3.63, 3.8) is 0 Å². The van der Waals surface area contributed by atoms with Crippen molar-refractivity contribution in [3.8, 4) is 5.75 Å². The monoisotopic (exact) mass is 327 g/mol. The first-order chi connectivity index (χ1) is 11.6. The Hall–Kier alpha value is -2.10. The van der Waals surface area contributed by atoms with E-state index in [9.17, 15) is 9.59 Å². The average Bonchev–Trinajstić information content (AvgIpc) is 2.85. The Kier molecular flexibility index (Phi) is 5.03. The SMILES string of the molecule is COc1ccc(CN2C(=O)CC(CC3CC=C(C)CC3)C2=O)cc1. The van der Waals surface area contributed by atoms with E-state index in [4.69, 9.17) is 4.74 Å². The summed E-state index contributed by atoms with van der Waals surface area (Å²) in [5.41, 5.74) is 2.40. The van der Waals surface area contributed by atoms with Crippen LogP contribution in [0.1, 0.15) is 44.6 Å². The third-order valence-electron chi connectivity index (χ3n) is 5.20. The quantitative estimate of drug-likeness (QED) is 0.612. The lowest BCUT2D eigenvalue weighted by molar-refractivity contribution is -0.140. The molecule has 0 aromatic heterocycles. The number of imide groups is 1. The summed E-state index contributed by atoms with van der Waals surface area (Å²) >= 11 is 0. The number of nitrogens with zero attached hydrogens (tertiary/aromatic N) is 1. The normalized spacial score (nSPS) is 24.2. The first kappa shape index (κ1) is 16.7. The van der Waals surface area contributed by atoms with Crippen molar-refractivity contribution in [2.45, 2.75) is 45.6 Å². The Morgan fingerprint density at radius 1 is 1.21 bits per heavy atom. The summed E-state index contributed by atoms with van der Waals surface area (Å²) in [7, 11) is 1.62. The molecule has 0 saturated carbocycles. The summed E-state index contributed by atoms with van der Waals surface area (Å²) in [6.07, 6.45) is 6.79. The molecule has 2 atom stereocenters. The molecule has 2 unspecified atom stereocenters. The number of hydrogen-bond donors (Lipinski definition) is 0. The topological polar surface area (TPSA) is 46.6 Å². The minimum Gasteiger partial charge on any atom is -0.497 e. The fraction of sp³-hybridized carbons (Fsp3) is 0.500. The summed E-state index contributed by atoms with van der Waals surface area (Å²) in [4.78, 5) is 26.4. The summed E-state index contributed by atoms with van der Waals surface area (Å²) in [6.45, 7) is 2.53. The fourth-order valence-corrected chi connectivity index (χ4v) is 3.65. The first-order valence-corrected chi connectivity index (χ1v) is 8.69. The number of rotatable bonds is 5. The molecule has 128 valence electrons. The van der Waals surface area contributed by atoms with Gasteiger partial charge in [-0.15, -0.1) is 0 Å². The number of carbonyl (C=O) groups excluding carboxylic acids is 2. The van der Waals surface area contributed by atoms with Gasteiger partial charge in [0.2, 0.25) is 11.8 Å². The average molecular weight is 327 g/mol. The number of likely N-dealkylation sites (tertiary alicyclic amines) is 1. The number of ether oxygens (including phenoxy) is 1. The number of benzene rings is 1. The molecule has 1 aromatic rings. The van der Waals surface area contributed by atoms with E-state index >= 15 is 0 Å². The van der Waals surface area contributed by atoms with E-state index in [1.165, 1.54) is 10.5 Å². The van der Waals surface area contributed by atoms with Gasteiger partial charge in [0.05, 0.1) is 13.7 Å². The van der Waals surface area contributed by atoms with Gasteiger partial charge in [-0.3, -0.25) is 14.5 Å². The summed E-state index contributed by atoms with van der Waals surface area (Å²) < 4.78 is 5.14. The highest BCUT2D eigenvalue weighted by Crippen LogP contribution is 2.33. The molecule has 1 aliphatic heterocycles. The number of carbonyl (C=O) groups is 2. The van der Waals surface area contributed by atoms with Crippen LogP contribution < -0.4 is 4.74 Å². The van der Waals surface area contributed by atoms with Crippen molar-refractivity contribution in [2.75, 3.05) is 7.11 Å². The van der Waals surface area contributed by atoms with E-state index in [0.717, 1.165) is 37.0 Å². The molecule has 1 aromatic carbocycles. The van der Waals surface area contributed by atoms with Crippen LogP contribution in [0.3, 0.4) is 0 Å². The molecule has 0 radical (unpaired) electrons. The zero-order valence-electron chi connectivity index (χ0n) is 14.5. The van der Waals surface area contributed by atoms with Gasteiger partial charge in [-0.05, 0) is 56.2 Å². The molecule has 1 saturated heterocycles. The lowest BCUT2D eigenvalue weighted by atomic mass is 9.83. The van der Waals surface area contributed by atoms with Gasteiger partial charge in [0.15, 0.2) is 0 Å². The first-order valence-electron chi connectivity index (χ1n) is 8.69. The summed E-state index contributed by atoms with van der Waals surface area (Å²) in [5.74, 6) is 1.14. The summed E-state index contributed by atoms with van der Waals surface area (Å²) in [5, 5.41) is 0. The van der Waals surface area contributed by atoms with E-state index < -0.39 is 0 Å². The van der Waals surface area contributed by atoms with Gasteiger partial charge < -0.3 is 4.74 Å². The number of amides is 2. The van der Waals surface area contributed by atoms with Crippen molar-refractivity contribution < 1.29 is 14.3 Å². The Balaban J connectivity index is 1.61. The molecular formula is C20H25NO3. The maximum absolute atomic E-state index is 12.6. The third kappa shape index (κ3) is 3.69. The molecule has 1 fully saturated rings. The molecule has 1 heterocycles. The molecule has 2 amide bonds. The van der Waals surface area contributed by atoms with E-state index in [-0.39, 0.29) is 17.7 Å². The molecule has 0 spiro atoms. The Labute approximate surface area is 143 Å². The van der Waals surface area contributed by atoms with Crippen molar-refractivity contribution in [1.29, 1.82) is 0 Å². The summed E-state index contributed by atoms with van der Waals surface area (Å²) in [6, 6.07) is 7.52. The molecule has 1 aliphatic carbocycles. The van der Waals surface area contributed by atoms with Crippen LogP contribution in [-0.2, 0) is 16.1 Å². The van der Waals surface area contributed by atoms with Crippen LogP contribution in [0.2, 0.25) is 0 Å². The molecule has 2 aliphatic rings. The third-order valence-corrected chi connectivity index (χ3v) is 5.20. The highest BCUT2D eigenvalue weighted by Gasteiger charge is 2.39. The minimum atomic E-state index is -0.132. The predicted octanol–water partition coefficient (Wildman–Crippen LogP) is 3.71. The Morgan fingerprint density at radius 2 is 1.96 bits per heavy atom. The van der Waals surface area contributed by atoms with Crippen molar-refractivity contribution in [1.82, 2.24) is 4.90 Å². The number of allylic oxidation sites excluding steroid dienone is 2. The molecule has 3 rings (SSSR count). The lowest BCUT2D eigenvalue weighted by Gasteiger charge is -2.22. The van der Waals surface area contributed by atoms with Crippen molar-refractivity contribution in [3.05, 3.63) is 41.5 Å². The van der Waals surface area contributed by atoms with E-state index in [2.05, 4.69) is 13.0 Å². The maximum atomic E-state index is 12.6. The molecule has 24 heavy (non-hydrogen) atoms. The highest BCUT2D eigenvalue weighted by molar-refractivity contribution is 6.03. The minimum absolute atomic E-state index is 0.00194. The van der Waals surface area contributed by atoms with Gasteiger partial charge in [0, 0.05) is 12.3 Å². The molecule has 0 bridgehead atoms. The number of hydrogen-bond acceptors (Lipinski definition) is 3.